The Balaban J connectivity index is 1.75. The Kier molecular flexibility index (Phi) is 7.44. The number of nitrogens with zero attached hydrogens (tertiary/aromatic N) is 1. The summed E-state index contributed by atoms with van der Waals surface area (Å²) in [6.07, 6.45) is 3.22. The van der Waals surface area contributed by atoms with E-state index in [9.17, 15) is 14.9 Å². The number of rotatable bonds is 8. The number of benzene rings is 3. The van der Waals surface area contributed by atoms with E-state index in [0.29, 0.717) is 17.1 Å². The van der Waals surface area contributed by atoms with Crippen LogP contribution in [0.15, 0.2) is 71.2 Å². The fraction of sp³-hybridized carbons (Fsp3) is 0.0870. The molecule has 0 amide bonds. The summed E-state index contributed by atoms with van der Waals surface area (Å²) in [5.74, 6) is 0.814. The largest absolute Gasteiger partial charge is 0.496 e. The number of nitro benzene ring substituents is 1. The number of carbonyl (C=O) groups excluding carboxylic acids is 1. The van der Waals surface area contributed by atoms with E-state index in [-0.39, 0.29) is 23.1 Å². The summed E-state index contributed by atoms with van der Waals surface area (Å²) < 4.78 is 12.0. The summed E-state index contributed by atoms with van der Waals surface area (Å²) in [4.78, 5) is 22.7. The van der Waals surface area contributed by atoms with E-state index in [2.05, 4.69) is 15.9 Å². The molecule has 0 unspecified atom stereocenters. The second-order valence-corrected chi connectivity index (χ2v) is 7.76. The quantitative estimate of drug-likeness (QED) is 0.152. The van der Waals surface area contributed by atoms with Crippen molar-refractivity contribution in [1.29, 1.82) is 0 Å². The van der Waals surface area contributed by atoms with Crippen molar-refractivity contribution in [3.8, 4) is 11.5 Å². The molecule has 8 heteroatoms. The first-order chi connectivity index (χ1) is 14.9. The minimum atomic E-state index is -0.524. The zero-order chi connectivity index (χ0) is 22.4. The first kappa shape index (κ1) is 22.5. The zero-order valence-electron chi connectivity index (χ0n) is 16.4. The third-order valence-electron chi connectivity index (χ3n) is 4.37. The lowest BCUT2D eigenvalue weighted by atomic mass is 10.1. The van der Waals surface area contributed by atoms with E-state index in [0.717, 1.165) is 15.6 Å². The summed E-state index contributed by atoms with van der Waals surface area (Å²) in [6.45, 7) is 0.128. The highest BCUT2D eigenvalue weighted by molar-refractivity contribution is 9.10. The van der Waals surface area contributed by atoms with Crippen molar-refractivity contribution >= 4 is 45.1 Å². The summed E-state index contributed by atoms with van der Waals surface area (Å²) in [5.41, 5.74) is 2.00. The maximum Gasteiger partial charge on any atom is 0.271 e. The number of hydrogen-bond acceptors (Lipinski definition) is 5. The van der Waals surface area contributed by atoms with E-state index < -0.39 is 4.92 Å². The van der Waals surface area contributed by atoms with Crippen LogP contribution < -0.4 is 9.47 Å². The van der Waals surface area contributed by atoms with Gasteiger partial charge in [0, 0.05) is 27.7 Å². The molecule has 0 aromatic heterocycles. The van der Waals surface area contributed by atoms with Crippen LogP contribution in [-0.2, 0) is 6.61 Å². The minimum absolute atomic E-state index is 0.112. The molecule has 158 valence electrons. The van der Waals surface area contributed by atoms with Gasteiger partial charge in [0.15, 0.2) is 5.78 Å². The van der Waals surface area contributed by atoms with Gasteiger partial charge in [0.2, 0.25) is 0 Å². The van der Waals surface area contributed by atoms with Gasteiger partial charge in [-0.1, -0.05) is 39.7 Å². The Morgan fingerprint density at radius 2 is 1.81 bits per heavy atom. The monoisotopic (exact) mass is 501 g/mol. The van der Waals surface area contributed by atoms with Crippen molar-refractivity contribution in [1.82, 2.24) is 0 Å². The summed E-state index contributed by atoms with van der Waals surface area (Å²) >= 11 is 9.43. The summed E-state index contributed by atoms with van der Waals surface area (Å²) in [6, 6.07) is 16.6. The average Bonchev–Trinajstić information content (AvgIpc) is 2.77. The molecule has 0 bridgehead atoms. The standard InChI is InChI=1S/C23H17BrClNO5/c1-30-22-10-3-15(2-9-21(27)16-4-6-18(24)7-5-16)12-17(22)14-31-23-11-8-19(26(28)29)13-20(23)25/h2-13H,14H2,1H3/b9-2+. The van der Waals surface area contributed by atoms with Gasteiger partial charge in [-0.25, -0.2) is 0 Å². The van der Waals surface area contributed by atoms with E-state index >= 15 is 0 Å². The van der Waals surface area contributed by atoms with E-state index in [1.807, 2.05) is 24.3 Å². The molecule has 0 heterocycles. The Labute approximate surface area is 192 Å². The van der Waals surface area contributed by atoms with E-state index in [1.54, 1.807) is 31.4 Å². The van der Waals surface area contributed by atoms with Crippen molar-refractivity contribution in [2.75, 3.05) is 7.11 Å². The smallest absolute Gasteiger partial charge is 0.271 e. The van der Waals surface area contributed by atoms with E-state index in [1.165, 1.54) is 24.3 Å². The molecule has 0 saturated heterocycles. The zero-order valence-corrected chi connectivity index (χ0v) is 18.7. The highest BCUT2D eigenvalue weighted by Gasteiger charge is 2.12. The van der Waals surface area contributed by atoms with Crippen LogP contribution in [0.2, 0.25) is 5.02 Å². The lowest BCUT2D eigenvalue weighted by Gasteiger charge is -2.12. The van der Waals surface area contributed by atoms with Crippen molar-refractivity contribution < 1.29 is 19.2 Å². The Morgan fingerprint density at radius 3 is 2.45 bits per heavy atom. The van der Waals surface area contributed by atoms with Gasteiger partial charge in [-0.2, -0.15) is 0 Å². The number of ether oxygens (including phenoxy) is 2. The summed E-state index contributed by atoms with van der Waals surface area (Å²) in [5, 5.41) is 11.0. The Morgan fingerprint density at radius 1 is 1.10 bits per heavy atom. The molecule has 0 spiro atoms. The molecule has 3 rings (SSSR count). The third kappa shape index (κ3) is 5.93. The van der Waals surface area contributed by atoms with Gasteiger partial charge < -0.3 is 9.47 Å². The Hall–Kier alpha value is -3.16. The molecule has 0 fully saturated rings. The normalized spacial score (nSPS) is 10.8. The molecule has 0 atom stereocenters. The van der Waals surface area contributed by atoms with Crippen LogP contribution in [0.5, 0.6) is 11.5 Å². The maximum atomic E-state index is 12.3. The molecule has 0 N–H and O–H groups in total. The fourth-order valence-electron chi connectivity index (χ4n) is 2.77. The number of allylic oxidation sites excluding steroid dienone is 1. The van der Waals surface area contributed by atoms with Crippen LogP contribution in [0.1, 0.15) is 21.5 Å². The number of hydrogen-bond donors (Lipinski definition) is 0. The lowest BCUT2D eigenvalue weighted by molar-refractivity contribution is -0.384. The van der Waals surface area contributed by atoms with Crippen molar-refractivity contribution in [3.63, 3.8) is 0 Å². The van der Waals surface area contributed by atoms with Crippen LogP contribution >= 0.6 is 27.5 Å². The van der Waals surface area contributed by atoms with E-state index in [4.69, 9.17) is 21.1 Å². The van der Waals surface area contributed by atoms with Crippen LogP contribution in [0.25, 0.3) is 6.08 Å². The van der Waals surface area contributed by atoms with Crippen LogP contribution in [-0.4, -0.2) is 17.8 Å². The van der Waals surface area contributed by atoms with Crippen molar-refractivity contribution in [3.05, 3.63) is 103 Å². The van der Waals surface area contributed by atoms with Gasteiger partial charge in [0.05, 0.1) is 17.1 Å². The number of nitro groups is 1. The number of carbonyl (C=O) groups is 1. The molecule has 3 aromatic carbocycles. The first-order valence-electron chi connectivity index (χ1n) is 9.09. The average molecular weight is 503 g/mol. The molecule has 3 aromatic rings. The SMILES string of the molecule is COc1ccc(/C=C/C(=O)c2ccc(Br)cc2)cc1COc1ccc([N+](=O)[O-])cc1Cl. The molecule has 0 radical (unpaired) electrons. The van der Waals surface area contributed by atoms with Crippen molar-refractivity contribution in [2.45, 2.75) is 6.61 Å². The number of ketones is 1. The summed E-state index contributed by atoms with van der Waals surface area (Å²) in [7, 11) is 1.55. The molecule has 0 aliphatic heterocycles. The molecule has 0 aliphatic rings. The highest BCUT2D eigenvalue weighted by atomic mass is 79.9. The van der Waals surface area contributed by atoms with Gasteiger partial charge in [0.25, 0.3) is 5.69 Å². The third-order valence-corrected chi connectivity index (χ3v) is 5.19. The van der Waals surface area contributed by atoms with Crippen LogP contribution in [0.3, 0.4) is 0 Å². The number of methoxy groups -OCH3 is 1. The van der Waals surface area contributed by atoms with Crippen LogP contribution in [0, 0.1) is 10.1 Å². The molecule has 0 saturated carbocycles. The predicted octanol–water partition coefficient (Wildman–Crippen LogP) is 6.49. The number of non-ortho nitro benzene ring substituents is 1. The van der Waals surface area contributed by atoms with Gasteiger partial charge in [0.1, 0.15) is 18.1 Å². The molecular formula is C23H17BrClNO5. The topological polar surface area (TPSA) is 78.7 Å². The van der Waals surface area contributed by atoms with Gasteiger partial charge in [-0.3, -0.25) is 14.9 Å². The van der Waals surface area contributed by atoms with Gasteiger partial charge >= 0.3 is 0 Å². The van der Waals surface area contributed by atoms with Gasteiger partial charge in [-0.05, 0) is 54.1 Å². The minimum Gasteiger partial charge on any atom is -0.496 e. The second-order valence-electron chi connectivity index (χ2n) is 6.44. The first-order valence-corrected chi connectivity index (χ1v) is 10.3. The lowest BCUT2D eigenvalue weighted by Crippen LogP contribution is -2.00. The molecular weight excluding hydrogens is 486 g/mol. The number of halogens is 2. The van der Waals surface area contributed by atoms with Crippen molar-refractivity contribution in [2.24, 2.45) is 0 Å². The molecule has 0 aliphatic carbocycles. The van der Waals surface area contributed by atoms with Crippen LogP contribution in [0.4, 0.5) is 5.69 Å². The predicted molar refractivity (Wildman–Crippen MR) is 123 cm³/mol. The Bertz CT molecular complexity index is 1150. The van der Waals surface area contributed by atoms with Gasteiger partial charge in [-0.15, -0.1) is 0 Å². The maximum absolute atomic E-state index is 12.3. The molecule has 6 nitrogen and oxygen atoms in total. The molecule has 31 heavy (non-hydrogen) atoms. The fourth-order valence-corrected chi connectivity index (χ4v) is 3.27. The highest BCUT2D eigenvalue weighted by Crippen LogP contribution is 2.30. The second kappa shape index (κ2) is 10.2.